The zero-order valence-electron chi connectivity index (χ0n) is 9.30. The largest absolute Gasteiger partial charge is 0.395 e. The van der Waals surface area contributed by atoms with E-state index in [9.17, 15) is 9.50 Å². The average Bonchev–Trinajstić information content (AvgIpc) is 2.21. The number of rotatable bonds is 4. The molecule has 1 rings (SSSR count). The molecule has 0 bridgehead atoms. The van der Waals surface area contributed by atoms with E-state index in [0.29, 0.717) is 15.7 Å². The highest BCUT2D eigenvalue weighted by Gasteiger charge is 2.12. The van der Waals surface area contributed by atoms with Gasteiger partial charge in [0.25, 0.3) is 0 Å². The van der Waals surface area contributed by atoms with Crippen molar-refractivity contribution >= 4 is 28.3 Å². The monoisotopic (exact) mass is 338 g/mol. The number of nitrogen functional groups attached to an aromatic ring is 1. The predicted octanol–water partition coefficient (Wildman–Crippen LogP) is 2.04. The molecule has 0 aliphatic rings. The Bertz CT molecular complexity index is 348. The van der Waals surface area contributed by atoms with Crippen LogP contribution in [0.1, 0.15) is 25.5 Å². The number of aliphatic hydroxyl groups excluding tert-OH is 1. The fraction of sp³-hybridized carbons (Fsp3) is 0.455. The lowest BCUT2D eigenvalue weighted by atomic mass is 10.1. The second kappa shape index (κ2) is 5.79. The number of hydrogen-bond acceptors (Lipinski definition) is 3. The van der Waals surface area contributed by atoms with Crippen molar-refractivity contribution in [1.29, 1.82) is 0 Å². The molecule has 0 spiro atoms. The first-order chi connectivity index (χ1) is 7.41. The molecule has 90 valence electrons. The minimum atomic E-state index is -0.717. The lowest BCUT2D eigenvalue weighted by molar-refractivity contribution is 0.171. The Kier molecular flexibility index (Phi) is 4.94. The smallest absolute Gasteiger partial charge is 0.147 e. The van der Waals surface area contributed by atoms with Gasteiger partial charge >= 0.3 is 0 Å². The van der Waals surface area contributed by atoms with Crippen molar-refractivity contribution < 1.29 is 9.50 Å². The summed E-state index contributed by atoms with van der Waals surface area (Å²) in [7, 11) is 0. The van der Waals surface area contributed by atoms with Crippen LogP contribution in [-0.2, 0) is 0 Å². The third kappa shape index (κ3) is 3.57. The van der Waals surface area contributed by atoms with Gasteiger partial charge in [-0.25, -0.2) is 4.39 Å². The van der Waals surface area contributed by atoms with Gasteiger partial charge in [-0.05, 0) is 40.3 Å². The minimum absolute atomic E-state index is 0.133. The molecule has 0 aliphatic heterocycles. The predicted molar refractivity (Wildman–Crippen MR) is 71.6 cm³/mol. The summed E-state index contributed by atoms with van der Waals surface area (Å²) < 4.78 is 14.0. The van der Waals surface area contributed by atoms with Crippen LogP contribution >= 0.6 is 22.6 Å². The van der Waals surface area contributed by atoms with Crippen molar-refractivity contribution in [3.63, 3.8) is 0 Å². The Morgan fingerprint density at radius 1 is 1.50 bits per heavy atom. The molecule has 1 atom stereocenters. The first-order valence-corrected chi connectivity index (χ1v) is 6.15. The van der Waals surface area contributed by atoms with Crippen LogP contribution in [0, 0.1) is 9.39 Å². The van der Waals surface area contributed by atoms with Crippen LogP contribution in [0.25, 0.3) is 0 Å². The first-order valence-electron chi connectivity index (χ1n) is 5.07. The third-order valence-corrected chi connectivity index (χ3v) is 3.10. The highest BCUT2D eigenvalue weighted by molar-refractivity contribution is 14.1. The van der Waals surface area contributed by atoms with Crippen LogP contribution in [0.2, 0.25) is 0 Å². The molecular formula is C11H16FIN2O. The second-order valence-corrected chi connectivity index (χ2v) is 5.14. The highest BCUT2D eigenvalue weighted by Crippen LogP contribution is 2.24. The molecule has 0 saturated heterocycles. The van der Waals surface area contributed by atoms with Gasteiger partial charge in [-0.15, -0.1) is 0 Å². The normalized spacial score (nSPS) is 13.1. The van der Waals surface area contributed by atoms with Crippen LogP contribution < -0.4 is 11.1 Å². The number of nitrogens with two attached hydrogens (primary N) is 1. The molecule has 0 amide bonds. The molecule has 4 N–H and O–H groups in total. The van der Waals surface area contributed by atoms with Crippen LogP contribution in [0.15, 0.2) is 12.1 Å². The summed E-state index contributed by atoms with van der Waals surface area (Å²) in [6.07, 6.45) is -0.717. The summed E-state index contributed by atoms with van der Waals surface area (Å²) in [5.74, 6) is -0.481. The van der Waals surface area contributed by atoms with Gasteiger partial charge in [0.1, 0.15) is 5.82 Å². The van der Waals surface area contributed by atoms with Crippen molar-refractivity contribution in [2.75, 3.05) is 12.3 Å². The second-order valence-electron chi connectivity index (χ2n) is 3.98. The molecule has 1 aromatic carbocycles. The molecule has 0 aliphatic carbocycles. The van der Waals surface area contributed by atoms with E-state index in [0.717, 1.165) is 0 Å². The zero-order chi connectivity index (χ0) is 12.3. The van der Waals surface area contributed by atoms with E-state index < -0.39 is 11.9 Å². The number of anilines is 1. The van der Waals surface area contributed by atoms with Crippen molar-refractivity contribution in [3.05, 3.63) is 27.1 Å². The summed E-state index contributed by atoms with van der Waals surface area (Å²) in [5, 5.41) is 12.9. The number of benzene rings is 1. The summed E-state index contributed by atoms with van der Waals surface area (Å²) >= 11 is 1.95. The number of nitrogens with one attached hydrogen (secondary N) is 1. The van der Waals surface area contributed by atoms with Gasteiger partial charge in [-0.3, -0.25) is 0 Å². The quantitative estimate of drug-likeness (QED) is 0.582. The molecule has 1 aromatic rings. The standard InChI is InChI=1S/C11H16FIN2O/c1-6(2)15-5-10(16)7-3-8(12)11(14)9(13)4-7/h3-4,6,10,15-16H,5,14H2,1-2H3. The van der Waals surface area contributed by atoms with E-state index in [1.54, 1.807) is 6.07 Å². The van der Waals surface area contributed by atoms with Gasteiger partial charge in [0.2, 0.25) is 0 Å². The maximum atomic E-state index is 13.3. The summed E-state index contributed by atoms with van der Waals surface area (Å²) in [4.78, 5) is 0. The van der Waals surface area contributed by atoms with Crippen molar-refractivity contribution in [2.45, 2.75) is 26.0 Å². The number of aliphatic hydroxyl groups is 1. The molecule has 1 unspecified atom stereocenters. The molecular weight excluding hydrogens is 322 g/mol. The summed E-state index contributed by atoms with van der Waals surface area (Å²) in [6.45, 7) is 4.37. The van der Waals surface area contributed by atoms with E-state index in [1.807, 2.05) is 36.4 Å². The Morgan fingerprint density at radius 2 is 2.12 bits per heavy atom. The van der Waals surface area contributed by atoms with Gasteiger partial charge in [-0.1, -0.05) is 13.8 Å². The van der Waals surface area contributed by atoms with Crippen LogP contribution in [0.3, 0.4) is 0 Å². The fourth-order valence-electron chi connectivity index (χ4n) is 1.26. The molecule has 0 aromatic heterocycles. The third-order valence-electron chi connectivity index (χ3n) is 2.21. The Morgan fingerprint density at radius 3 is 2.62 bits per heavy atom. The molecule has 16 heavy (non-hydrogen) atoms. The van der Waals surface area contributed by atoms with E-state index in [4.69, 9.17) is 5.73 Å². The number of hydrogen-bond donors (Lipinski definition) is 3. The maximum absolute atomic E-state index is 13.3. The number of halogens is 2. The van der Waals surface area contributed by atoms with Crippen LogP contribution in [0.4, 0.5) is 10.1 Å². The molecule has 0 saturated carbocycles. The first kappa shape index (κ1) is 13.7. The van der Waals surface area contributed by atoms with Crippen LogP contribution in [-0.4, -0.2) is 17.7 Å². The van der Waals surface area contributed by atoms with Gasteiger partial charge in [0.15, 0.2) is 0 Å². The maximum Gasteiger partial charge on any atom is 0.147 e. The SMILES string of the molecule is CC(C)NCC(O)c1cc(F)c(N)c(I)c1. The van der Waals surface area contributed by atoms with Gasteiger partial charge in [-0.2, -0.15) is 0 Å². The lowest BCUT2D eigenvalue weighted by Gasteiger charge is -2.15. The Labute approximate surface area is 108 Å². The minimum Gasteiger partial charge on any atom is -0.395 e. The Balaban J connectivity index is 2.80. The summed E-state index contributed by atoms with van der Waals surface area (Å²) in [5.41, 5.74) is 6.17. The van der Waals surface area contributed by atoms with E-state index in [-0.39, 0.29) is 11.7 Å². The molecule has 0 fully saturated rings. The van der Waals surface area contributed by atoms with Crippen molar-refractivity contribution in [3.8, 4) is 0 Å². The van der Waals surface area contributed by atoms with Gasteiger partial charge < -0.3 is 16.2 Å². The molecule has 0 radical (unpaired) electrons. The van der Waals surface area contributed by atoms with Crippen LogP contribution in [0.5, 0.6) is 0 Å². The van der Waals surface area contributed by atoms with E-state index in [1.165, 1.54) is 6.07 Å². The fourth-order valence-corrected chi connectivity index (χ4v) is 1.88. The highest BCUT2D eigenvalue weighted by atomic mass is 127. The van der Waals surface area contributed by atoms with Gasteiger partial charge in [0.05, 0.1) is 11.8 Å². The van der Waals surface area contributed by atoms with Crippen molar-refractivity contribution in [2.24, 2.45) is 0 Å². The topological polar surface area (TPSA) is 58.3 Å². The average molecular weight is 338 g/mol. The molecule has 3 nitrogen and oxygen atoms in total. The molecule has 0 heterocycles. The van der Waals surface area contributed by atoms with Crippen molar-refractivity contribution in [1.82, 2.24) is 5.32 Å². The summed E-state index contributed by atoms with van der Waals surface area (Å²) in [6, 6.07) is 3.27. The van der Waals surface area contributed by atoms with E-state index in [2.05, 4.69) is 5.32 Å². The van der Waals surface area contributed by atoms with E-state index >= 15 is 0 Å². The Hall–Kier alpha value is -0.400. The zero-order valence-corrected chi connectivity index (χ0v) is 11.5. The lowest BCUT2D eigenvalue weighted by Crippen LogP contribution is -2.28. The molecule has 5 heteroatoms. The van der Waals surface area contributed by atoms with Gasteiger partial charge in [0, 0.05) is 16.2 Å².